The molecule has 1 aliphatic heterocycles. The van der Waals surface area contributed by atoms with E-state index >= 15 is 0 Å². The fraction of sp³-hybridized carbons (Fsp3) is 0.650. The van der Waals surface area contributed by atoms with Crippen molar-refractivity contribution in [3.05, 3.63) is 16.7 Å². The Labute approximate surface area is 187 Å². The van der Waals surface area contributed by atoms with Gasteiger partial charge in [-0.25, -0.2) is 4.98 Å². The van der Waals surface area contributed by atoms with Crippen LogP contribution in [0.1, 0.15) is 46.8 Å². The molecule has 3 heterocycles. The van der Waals surface area contributed by atoms with Crippen LogP contribution in [-0.2, 0) is 18.6 Å². The van der Waals surface area contributed by atoms with Gasteiger partial charge >= 0.3 is 0 Å². The van der Waals surface area contributed by atoms with E-state index in [0.29, 0.717) is 12.3 Å². The highest BCUT2D eigenvalue weighted by Crippen LogP contribution is 2.46. The first-order chi connectivity index (χ1) is 15.3. The second-order valence-electron chi connectivity index (χ2n) is 7.97. The molecule has 1 aliphatic rings. The van der Waals surface area contributed by atoms with Gasteiger partial charge in [0.2, 0.25) is 11.9 Å². The summed E-state index contributed by atoms with van der Waals surface area (Å²) in [4.78, 5) is 35.8. The Balaban J connectivity index is 1.93. The number of rotatable bonds is 9. The maximum Gasteiger partial charge on any atom is 0.280 e. The van der Waals surface area contributed by atoms with Crippen LogP contribution in [0.2, 0.25) is 0 Å². The van der Waals surface area contributed by atoms with Crippen LogP contribution < -0.4 is 10.9 Å². The maximum absolute atomic E-state index is 12.5. The van der Waals surface area contributed by atoms with E-state index in [1.807, 2.05) is 26.6 Å². The van der Waals surface area contributed by atoms with Crippen LogP contribution in [0, 0.1) is 23.2 Å². The number of aromatic amines is 1. The summed E-state index contributed by atoms with van der Waals surface area (Å²) < 4.78 is 19.8. The number of nitrogens with zero attached hydrogens (tertiary/aromatic N) is 4. The summed E-state index contributed by atoms with van der Waals surface area (Å²) in [5.41, 5.74) is -0.0198. The van der Waals surface area contributed by atoms with Gasteiger partial charge in [0.1, 0.15) is 6.10 Å². The molecule has 0 aliphatic carbocycles. The first kappa shape index (κ1) is 24.3. The van der Waals surface area contributed by atoms with Gasteiger partial charge in [-0.2, -0.15) is 10.2 Å². The number of carbonyl (C=O) groups is 1. The van der Waals surface area contributed by atoms with E-state index in [1.165, 1.54) is 6.33 Å². The predicted molar refractivity (Wildman–Crippen MR) is 119 cm³/mol. The van der Waals surface area contributed by atoms with Crippen LogP contribution in [-0.4, -0.2) is 50.9 Å². The van der Waals surface area contributed by atoms with Crippen LogP contribution in [0.15, 0.2) is 11.1 Å². The first-order valence-electron chi connectivity index (χ1n) is 10.6. The molecular weight excluding hydrogens is 435 g/mol. The minimum atomic E-state index is -1.24. The van der Waals surface area contributed by atoms with Gasteiger partial charge in [-0.15, -0.1) is 0 Å². The Morgan fingerprint density at radius 1 is 1.50 bits per heavy atom. The Hall–Kier alpha value is -2.38. The van der Waals surface area contributed by atoms with Crippen LogP contribution in [0.4, 0.5) is 5.95 Å². The lowest BCUT2D eigenvalue weighted by Crippen LogP contribution is -2.27. The normalized spacial score (nSPS) is 24.0. The summed E-state index contributed by atoms with van der Waals surface area (Å²) in [7, 11) is -1.24. The van der Waals surface area contributed by atoms with Gasteiger partial charge in [-0.1, -0.05) is 27.7 Å². The lowest BCUT2D eigenvalue weighted by atomic mass is 9.99. The minimum Gasteiger partial charge on any atom is -0.352 e. The zero-order valence-electron chi connectivity index (χ0n) is 18.9. The van der Waals surface area contributed by atoms with E-state index in [-0.39, 0.29) is 47.8 Å². The number of carbonyl (C=O) groups excluding carboxylic acids is 1. The number of fused-ring (bicyclic) bond motifs is 1. The smallest absolute Gasteiger partial charge is 0.280 e. The standard InChI is InChI=1S/C20H29N6O5P/c1-6-13-12(4)15(31-32(5)29-9-7-8-21)19(30-13)26-10-22-14-16(26)23-20(25-18(14)28)24-17(27)11(2)3/h10-13,15,19H,6-7,9H2,1-5H3,(H2,23,24,25,27,28)/t12?,13-,15+,19-,32?/m1/s1. The van der Waals surface area contributed by atoms with Gasteiger partial charge in [0.05, 0.1) is 31.5 Å². The number of imidazole rings is 1. The molecule has 5 atom stereocenters. The van der Waals surface area contributed by atoms with E-state index in [2.05, 4.69) is 20.3 Å². The van der Waals surface area contributed by atoms with Gasteiger partial charge < -0.3 is 13.8 Å². The number of nitrogens with one attached hydrogen (secondary N) is 2. The molecule has 11 nitrogen and oxygen atoms in total. The van der Waals surface area contributed by atoms with Crippen molar-refractivity contribution in [3.8, 4) is 6.07 Å². The van der Waals surface area contributed by atoms with E-state index in [0.717, 1.165) is 6.42 Å². The minimum absolute atomic E-state index is 0.0501. The van der Waals surface area contributed by atoms with Crippen molar-refractivity contribution in [2.24, 2.45) is 11.8 Å². The molecule has 0 spiro atoms. The van der Waals surface area contributed by atoms with Crippen molar-refractivity contribution >= 4 is 31.4 Å². The van der Waals surface area contributed by atoms with Crippen molar-refractivity contribution in [2.75, 3.05) is 18.6 Å². The second kappa shape index (κ2) is 10.5. The van der Waals surface area contributed by atoms with Gasteiger partial charge in [0, 0.05) is 18.5 Å². The number of nitriles is 1. The summed E-state index contributed by atoms with van der Waals surface area (Å²) in [6.07, 6.45) is 1.56. The van der Waals surface area contributed by atoms with E-state index < -0.39 is 20.2 Å². The summed E-state index contributed by atoms with van der Waals surface area (Å²) in [5.74, 6) is -0.430. The lowest BCUT2D eigenvalue weighted by Gasteiger charge is -2.25. The highest BCUT2D eigenvalue weighted by atomic mass is 31.2. The molecule has 1 amide bonds. The van der Waals surface area contributed by atoms with Crippen LogP contribution in [0.25, 0.3) is 11.2 Å². The number of hydrogen-bond acceptors (Lipinski definition) is 8. The molecule has 0 saturated carbocycles. The zero-order chi connectivity index (χ0) is 23.4. The topological polar surface area (TPSA) is 144 Å². The quantitative estimate of drug-likeness (QED) is 0.426. The molecule has 32 heavy (non-hydrogen) atoms. The molecule has 174 valence electrons. The summed E-state index contributed by atoms with van der Waals surface area (Å²) in [5, 5.41) is 11.3. The molecule has 2 unspecified atom stereocenters. The molecule has 2 aromatic heterocycles. The summed E-state index contributed by atoms with van der Waals surface area (Å²) in [6, 6.07) is 2.05. The van der Waals surface area contributed by atoms with E-state index in [1.54, 1.807) is 18.4 Å². The molecule has 2 aromatic rings. The van der Waals surface area contributed by atoms with Crippen molar-refractivity contribution in [3.63, 3.8) is 0 Å². The van der Waals surface area contributed by atoms with E-state index in [9.17, 15) is 9.59 Å². The average molecular weight is 464 g/mol. The lowest BCUT2D eigenvalue weighted by molar-refractivity contribution is -0.118. The van der Waals surface area contributed by atoms with Crippen molar-refractivity contribution in [1.29, 1.82) is 5.26 Å². The van der Waals surface area contributed by atoms with E-state index in [4.69, 9.17) is 19.0 Å². The van der Waals surface area contributed by atoms with Gasteiger partial charge in [-0.05, 0) is 6.42 Å². The molecule has 1 saturated heterocycles. The third-order valence-corrected chi connectivity index (χ3v) is 6.42. The van der Waals surface area contributed by atoms with Crippen LogP contribution in [0.3, 0.4) is 0 Å². The van der Waals surface area contributed by atoms with Crippen molar-refractivity contribution < 1.29 is 18.6 Å². The third kappa shape index (κ3) is 5.15. The van der Waals surface area contributed by atoms with Crippen molar-refractivity contribution in [2.45, 2.75) is 59.0 Å². The number of ether oxygens (including phenoxy) is 1. The number of hydrogen-bond donors (Lipinski definition) is 2. The predicted octanol–water partition coefficient (Wildman–Crippen LogP) is 2.91. The molecule has 0 aromatic carbocycles. The molecule has 1 fully saturated rings. The molecule has 2 N–H and O–H groups in total. The largest absolute Gasteiger partial charge is 0.352 e. The van der Waals surface area contributed by atoms with Gasteiger partial charge in [0.15, 0.2) is 25.8 Å². The Kier molecular flexibility index (Phi) is 7.96. The average Bonchev–Trinajstić information content (AvgIpc) is 3.29. The molecule has 12 heteroatoms. The molecule has 0 bridgehead atoms. The molecular formula is C20H29N6O5P. The first-order valence-corrected chi connectivity index (χ1v) is 12.2. The highest BCUT2D eigenvalue weighted by molar-refractivity contribution is 7.46. The Morgan fingerprint density at radius 3 is 2.91 bits per heavy atom. The van der Waals surface area contributed by atoms with Crippen LogP contribution in [0.5, 0.6) is 0 Å². The Morgan fingerprint density at radius 2 is 2.25 bits per heavy atom. The number of H-pyrrole nitrogens is 1. The highest BCUT2D eigenvalue weighted by Gasteiger charge is 2.44. The van der Waals surface area contributed by atoms with Crippen molar-refractivity contribution in [1.82, 2.24) is 19.5 Å². The van der Waals surface area contributed by atoms with Gasteiger partial charge in [0.25, 0.3) is 5.56 Å². The Bertz CT molecular complexity index is 1050. The summed E-state index contributed by atoms with van der Waals surface area (Å²) >= 11 is 0. The third-order valence-electron chi connectivity index (χ3n) is 5.33. The molecule has 0 radical (unpaired) electrons. The fourth-order valence-corrected chi connectivity index (χ4v) is 4.59. The monoisotopic (exact) mass is 464 g/mol. The second-order valence-corrected chi connectivity index (χ2v) is 9.31. The molecule has 3 rings (SSSR count). The fourth-order valence-electron chi connectivity index (χ4n) is 3.55. The summed E-state index contributed by atoms with van der Waals surface area (Å²) in [6.45, 7) is 9.71. The number of anilines is 1. The SMILES string of the molecule is CC[C@H]1O[C@@H](n2cnc3c(=O)[nH]c(NC(=O)C(C)C)nc32)[C@@H](OP(C)OCCC#N)C1C. The number of aromatic nitrogens is 4. The maximum atomic E-state index is 12.5. The van der Waals surface area contributed by atoms with Gasteiger partial charge in [-0.3, -0.25) is 24.5 Å². The van der Waals surface area contributed by atoms with Crippen LogP contribution >= 0.6 is 8.38 Å². The number of amides is 1. The zero-order valence-corrected chi connectivity index (χ0v) is 19.8.